The largest absolute Gasteiger partial charge is 0.497 e. The number of benzene rings is 1. The van der Waals surface area contributed by atoms with Crippen LogP contribution in [-0.2, 0) is 6.42 Å². The number of rotatable bonds is 8. The molecule has 1 fully saturated rings. The summed E-state index contributed by atoms with van der Waals surface area (Å²) in [5, 5.41) is 3.96. The van der Waals surface area contributed by atoms with Crippen LogP contribution in [0.1, 0.15) is 58.8 Å². The van der Waals surface area contributed by atoms with Gasteiger partial charge in [-0.05, 0) is 68.8 Å². The highest BCUT2D eigenvalue weighted by Crippen LogP contribution is 2.44. The standard InChI is InChI=1S/C25H30N2O4S/c1-4-18-16-20(25(32-18)26-24(28)22-9-8-14-31-22)23(27-12-6-5-7-13-27)19-15-17(29-2)10-11-21(19)30-3/h8-11,14-16,23H,4-7,12-13H2,1-3H3,(H,26,28). The van der Waals surface area contributed by atoms with Crippen molar-refractivity contribution in [3.8, 4) is 11.5 Å². The Labute approximate surface area is 193 Å². The van der Waals surface area contributed by atoms with E-state index in [4.69, 9.17) is 13.9 Å². The first-order valence-corrected chi connectivity index (χ1v) is 11.9. The third-order valence-electron chi connectivity index (χ3n) is 5.91. The van der Waals surface area contributed by atoms with Gasteiger partial charge in [-0.3, -0.25) is 9.69 Å². The van der Waals surface area contributed by atoms with Gasteiger partial charge in [-0.15, -0.1) is 11.3 Å². The fourth-order valence-electron chi connectivity index (χ4n) is 4.30. The van der Waals surface area contributed by atoms with Crippen molar-refractivity contribution in [3.63, 3.8) is 0 Å². The van der Waals surface area contributed by atoms with E-state index in [0.29, 0.717) is 5.76 Å². The normalized spacial score (nSPS) is 15.3. The number of ether oxygens (including phenoxy) is 2. The van der Waals surface area contributed by atoms with Gasteiger partial charge in [0.25, 0.3) is 5.91 Å². The predicted octanol–water partition coefficient (Wildman–Crippen LogP) is 5.75. The van der Waals surface area contributed by atoms with Crippen LogP contribution < -0.4 is 14.8 Å². The predicted molar refractivity (Wildman–Crippen MR) is 127 cm³/mol. The van der Waals surface area contributed by atoms with Crippen molar-refractivity contribution in [1.29, 1.82) is 0 Å². The summed E-state index contributed by atoms with van der Waals surface area (Å²) in [4.78, 5) is 16.5. The van der Waals surface area contributed by atoms with Crippen LogP contribution >= 0.6 is 11.3 Å². The Hall–Kier alpha value is -2.77. The van der Waals surface area contributed by atoms with Crippen molar-refractivity contribution in [1.82, 2.24) is 4.90 Å². The molecule has 1 saturated heterocycles. The first-order valence-electron chi connectivity index (χ1n) is 11.1. The van der Waals surface area contributed by atoms with Crippen LogP contribution in [0.3, 0.4) is 0 Å². The number of nitrogens with zero attached hydrogens (tertiary/aromatic N) is 1. The number of methoxy groups -OCH3 is 2. The van der Waals surface area contributed by atoms with Crippen molar-refractivity contribution < 1.29 is 18.7 Å². The van der Waals surface area contributed by atoms with E-state index in [0.717, 1.165) is 60.0 Å². The lowest BCUT2D eigenvalue weighted by molar-refractivity contribution is 0.0996. The van der Waals surface area contributed by atoms with Crippen LogP contribution in [0.25, 0.3) is 0 Å². The number of aryl methyl sites for hydroxylation is 1. The molecule has 1 N–H and O–H groups in total. The lowest BCUT2D eigenvalue weighted by Crippen LogP contribution is -2.34. The van der Waals surface area contributed by atoms with Gasteiger partial charge in [0.15, 0.2) is 5.76 Å². The summed E-state index contributed by atoms with van der Waals surface area (Å²) in [5.41, 5.74) is 2.13. The van der Waals surface area contributed by atoms with E-state index in [1.165, 1.54) is 17.6 Å². The van der Waals surface area contributed by atoms with Gasteiger partial charge in [-0.2, -0.15) is 0 Å². The maximum atomic E-state index is 12.8. The van der Waals surface area contributed by atoms with Crippen LogP contribution in [0.15, 0.2) is 47.1 Å². The van der Waals surface area contributed by atoms with Crippen LogP contribution in [0.4, 0.5) is 5.00 Å². The average molecular weight is 455 g/mol. The van der Waals surface area contributed by atoms with Gasteiger partial charge >= 0.3 is 0 Å². The summed E-state index contributed by atoms with van der Waals surface area (Å²) in [6.07, 6.45) is 5.96. The third kappa shape index (κ3) is 4.69. The highest BCUT2D eigenvalue weighted by molar-refractivity contribution is 7.16. The van der Waals surface area contributed by atoms with E-state index in [2.05, 4.69) is 29.3 Å². The molecular weight excluding hydrogens is 424 g/mol. The number of thiophene rings is 1. The Morgan fingerprint density at radius 1 is 1.12 bits per heavy atom. The van der Waals surface area contributed by atoms with Crippen molar-refractivity contribution in [2.75, 3.05) is 32.6 Å². The van der Waals surface area contributed by atoms with E-state index >= 15 is 0 Å². The number of furan rings is 1. The molecule has 4 rings (SSSR count). The van der Waals surface area contributed by atoms with Crippen molar-refractivity contribution in [2.24, 2.45) is 0 Å². The van der Waals surface area contributed by atoms with Gasteiger partial charge in [-0.1, -0.05) is 13.3 Å². The minimum Gasteiger partial charge on any atom is -0.497 e. The summed E-state index contributed by atoms with van der Waals surface area (Å²) in [6, 6.07) is 11.5. The monoisotopic (exact) mass is 454 g/mol. The molecule has 1 unspecified atom stereocenters. The van der Waals surface area contributed by atoms with Gasteiger partial charge in [0.05, 0.1) is 26.5 Å². The molecule has 3 aromatic rings. The number of carbonyl (C=O) groups excluding carboxylic acids is 1. The van der Waals surface area contributed by atoms with E-state index in [1.807, 2.05) is 12.1 Å². The summed E-state index contributed by atoms with van der Waals surface area (Å²) in [5.74, 6) is 1.66. The molecule has 3 heterocycles. The molecule has 0 aliphatic carbocycles. The van der Waals surface area contributed by atoms with Gasteiger partial charge in [-0.25, -0.2) is 0 Å². The molecule has 1 amide bonds. The van der Waals surface area contributed by atoms with Crippen molar-refractivity contribution >= 4 is 22.2 Å². The smallest absolute Gasteiger partial charge is 0.291 e. The summed E-state index contributed by atoms with van der Waals surface area (Å²) < 4.78 is 16.6. The van der Waals surface area contributed by atoms with Crippen molar-refractivity contribution in [3.05, 3.63) is 64.4 Å². The van der Waals surface area contributed by atoms with E-state index in [-0.39, 0.29) is 11.9 Å². The Morgan fingerprint density at radius 3 is 2.59 bits per heavy atom. The maximum Gasteiger partial charge on any atom is 0.291 e. The number of piperidine rings is 1. The number of amides is 1. The molecule has 1 aliphatic heterocycles. The number of hydrogen-bond acceptors (Lipinski definition) is 6. The Bertz CT molecular complexity index is 1040. The topological polar surface area (TPSA) is 63.9 Å². The van der Waals surface area contributed by atoms with Crippen molar-refractivity contribution in [2.45, 2.75) is 38.6 Å². The van der Waals surface area contributed by atoms with Crippen LogP contribution in [0, 0.1) is 0 Å². The molecule has 1 aromatic carbocycles. The van der Waals surface area contributed by atoms with Crippen LogP contribution in [0.2, 0.25) is 0 Å². The van der Waals surface area contributed by atoms with E-state index in [9.17, 15) is 4.79 Å². The zero-order chi connectivity index (χ0) is 22.5. The second-order valence-electron chi connectivity index (χ2n) is 7.89. The quantitative estimate of drug-likeness (QED) is 0.470. The molecule has 0 bridgehead atoms. The molecule has 1 atom stereocenters. The first kappa shape index (κ1) is 22.4. The van der Waals surface area contributed by atoms with Gasteiger partial charge in [0.2, 0.25) is 0 Å². The molecule has 1 aliphatic rings. The average Bonchev–Trinajstić information content (AvgIpc) is 3.51. The van der Waals surface area contributed by atoms with E-state index < -0.39 is 0 Å². The molecule has 7 heteroatoms. The third-order valence-corrected chi connectivity index (χ3v) is 7.12. The first-order chi connectivity index (χ1) is 15.6. The fraction of sp³-hybridized carbons (Fsp3) is 0.400. The lowest BCUT2D eigenvalue weighted by atomic mass is 9.94. The minimum absolute atomic E-state index is 0.0520. The van der Waals surface area contributed by atoms with Gasteiger partial charge < -0.3 is 19.2 Å². The molecule has 0 radical (unpaired) electrons. The molecule has 0 spiro atoms. The molecule has 170 valence electrons. The van der Waals surface area contributed by atoms with Gasteiger partial charge in [0, 0.05) is 16.0 Å². The number of carbonyl (C=O) groups is 1. The number of hydrogen-bond donors (Lipinski definition) is 1. The molecule has 6 nitrogen and oxygen atoms in total. The highest BCUT2D eigenvalue weighted by atomic mass is 32.1. The summed E-state index contributed by atoms with van der Waals surface area (Å²) in [7, 11) is 3.37. The minimum atomic E-state index is -0.240. The summed E-state index contributed by atoms with van der Waals surface area (Å²) >= 11 is 1.62. The number of nitrogens with one attached hydrogen (secondary N) is 1. The lowest BCUT2D eigenvalue weighted by Gasteiger charge is -2.36. The van der Waals surface area contributed by atoms with E-state index in [1.54, 1.807) is 37.7 Å². The molecule has 0 saturated carbocycles. The zero-order valence-corrected chi connectivity index (χ0v) is 19.7. The second-order valence-corrected chi connectivity index (χ2v) is 9.03. The van der Waals surface area contributed by atoms with Gasteiger partial charge in [0.1, 0.15) is 16.5 Å². The van der Waals surface area contributed by atoms with Crippen LogP contribution in [-0.4, -0.2) is 38.1 Å². The zero-order valence-electron chi connectivity index (χ0n) is 18.8. The molecule has 2 aromatic heterocycles. The Morgan fingerprint density at radius 2 is 1.94 bits per heavy atom. The Kier molecular flexibility index (Phi) is 7.17. The molecular formula is C25H30N2O4S. The SMILES string of the molecule is CCc1cc(C(c2cc(OC)ccc2OC)N2CCCCC2)c(NC(=O)c2ccco2)s1. The maximum absolute atomic E-state index is 12.8. The number of likely N-dealkylation sites (tertiary alicyclic amines) is 1. The Balaban J connectivity index is 1.81. The molecule has 32 heavy (non-hydrogen) atoms. The van der Waals surface area contributed by atoms with Crippen LogP contribution in [0.5, 0.6) is 11.5 Å². The summed E-state index contributed by atoms with van der Waals surface area (Å²) in [6.45, 7) is 4.12. The number of anilines is 1. The fourth-order valence-corrected chi connectivity index (χ4v) is 5.32. The second kappa shape index (κ2) is 10.2. The highest BCUT2D eigenvalue weighted by Gasteiger charge is 2.31.